The average molecular weight is 412 g/mol. The van der Waals surface area contributed by atoms with Crippen molar-refractivity contribution < 1.29 is 23.5 Å². The van der Waals surface area contributed by atoms with Crippen molar-refractivity contribution in [1.29, 1.82) is 0 Å². The first kappa shape index (κ1) is 20.9. The maximum absolute atomic E-state index is 12.8. The van der Waals surface area contributed by atoms with E-state index in [1.54, 1.807) is 12.1 Å². The summed E-state index contributed by atoms with van der Waals surface area (Å²) in [6, 6.07) is 9.65. The Morgan fingerprint density at radius 1 is 0.963 bits per heavy atom. The van der Waals surface area contributed by atoms with Crippen molar-refractivity contribution in [3.8, 4) is 0 Å². The molecule has 0 bridgehead atoms. The first-order chi connectivity index (χ1) is 12.8. The summed E-state index contributed by atoms with van der Waals surface area (Å²) in [4.78, 5) is 35.3. The molecule has 5 nitrogen and oxygen atoms in total. The number of carbonyl (C=O) groups excluding carboxylic acids is 3. The van der Waals surface area contributed by atoms with E-state index in [0.29, 0.717) is 15.7 Å². The highest BCUT2D eigenvalue weighted by Gasteiger charge is 2.11. The number of Topliss-reactive ketones (excluding diaryl/α,β-unsaturated/α-hetero) is 1. The molecule has 27 heavy (non-hydrogen) atoms. The molecule has 0 saturated carbocycles. The third-order valence-electron chi connectivity index (χ3n) is 3.52. The molecular formula is C19H16Cl2FNO4. The van der Waals surface area contributed by atoms with Crippen molar-refractivity contribution >= 4 is 46.5 Å². The van der Waals surface area contributed by atoms with E-state index in [1.807, 2.05) is 0 Å². The van der Waals surface area contributed by atoms with Gasteiger partial charge in [-0.3, -0.25) is 14.4 Å². The molecule has 2 aromatic rings. The number of carbonyl (C=O) groups is 3. The Hall–Kier alpha value is -2.44. The molecule has 0 heterocycles. The maximum Gasteiger partial charge on any atom is 0.306 e. The second kappa shape index (κ2) is 10.0. The molecule has 0 atom stereocenters. The highest BCUT2D eigenvalue weighted by Crippen LogP contribution is 2.25. The largest absolute Gasteiger partial charge is 0.457 e. The number of anilines is 1. The van der Waals surface area contributed by atoms with Crippen LogP contribution in [0.3, 0.4) is 0 Å². The van der Waals surface area contributed by atoms with E-state index in [0.717, 1.165) is 12.1 Å². The van der Waals surface area contributed by atoms with E-state index in [9.17, 15) is 18.8 Å². The van der Waals surface area contributed by atoms with Crippen LogP contribution in [0.1, 0.15) is 29.6 Å². The standard InChI is InChI=1S/C19H16Cl2FNO4/c20-15-9-8-14(10-16(15)21)23-18(25)2-1-3-19(26)27-11-17(24)12-4-6-13(22)7-5-12/h4-10H,1-3,11H2,(H,23,25). The lowest BCUT2D eigenvalue weighted by atomic mass is 10.1. The minimum Gasteiger partial charge on any atom is -0.457 e. The number of ketones is 1. The SMILES string of the molecule is O=C(CCCC(=O)OCC(=O)c1ccc(F)cc1)Nc1ccc(Cl)c(Cl)c1. The summed E-state index contributed by atoms with van der Waals surface area (Å²) in [6.07, 6.45) is 0.351. The summed E-state index contributed by atoms with van der Waals surface area (Å²) >= 11 is 11.7. The molecule has 0 aromatic heterocycles. The van der Waals surface area contributed by atoms with Gasteiger partial charge in [-0.1, -0.05) is 23.2 Å². The van der Waals surface area contributed by atoms with Crippen LogP contribution in [0.5, 0.6) is 0 Å². The van der Waals surface area contributed by atoms with Crippen molar-refractivity contribution in [3.63, 3.8) is 0 Å². The fourth-order valence-electron chi connectivity index (χ4n) is 2.13. The topological polar surface area (TPSA) is 72.5 Å². The van der Waals surface area contributed by atoms with Gasteiger partial charge in [0.15, 0.2) is 12.4 Å². The molecule has 0 aliphatic rings. The van der Waals surface area contributed by atoms with Gasteiger partial charge in [0.25, 0.3) is 0 Å². The second-order valence-electron chi connectivity index (χ2n) is 5.62. The minimum atomic E-state index is -0.590. The quantitative estimate of drug-likeness (QED) is 0.505. The van der Waals surface area contributed by atoms with Crippen LogP contribution in [0.25, 0.3) is 0 Å². The fraction of sp³-hybridized carbons (Fsp3) is 0.211. The highest BCUT2D eigenvalue weighted by atomic mass is 35.5. The smallest absolute Gasteiger partial charge is 0.306 e. The van der Waals surface area contributed by atoms with E-state index in [2.05, 4.69) is 5.32 Å². The first-order valence-electron chi connectivity index (χ1n) is 8.04. The number of nitrogens with one attached hydrogen (secondary N) is 1. The molecule has 1 amide bonds. The van der Waals surface area contributed by atoms with Gasteiger partial charge in [-0.15, -0.1) is 0 Å². The normalized spacial score (nSPS) is 10.3. The van der Waals surface area contributed by atoms with Crippen LogP contribution >= 0.6 is 23.2 Å². The number of benzene rings is 2. The molecule has 0 aliphatic heterocycles. The highest BCUT2D eigenvalue weighted by molar-refractivity contribution is 6.42. The third-order valence-corrected chi connectivity index (χ3v) is 4.26. The summed E-state index contributed by atoms with van der Waals surface area (Å²) in [5, 5.41) is 3.35. The predicted octanol–water partition coefficient (Wildman–Crippen LogP) is 4.67. The van der Waals surface area contributed by atoms with Crippen molar-refractivity contribution in [2.24, 2.45) is 0 Å². The molecule has 0 saturated heterocycles. The molecule has 0 aliphatic carbocycles. The van der Waals surface area contributed by atoms with Crippen LogP contribution in [-0.4, -0.2) is 24.3 Å². The second-order valence-corrected chi connectivity index (χ2v) is 6.44. The summed E-state index contributed by atoms with van der Waals surface area (Å²) in [6.45, 7) is -0.431. The molecule has 2 rings (SSSR count). The Morgan fingerprint density at radius 3 is 2.33 bits per heavy atom. The fourth-order valence-corrected chi connectivity index (χ4v) is 2.43. The summed E-state index contributed by atoms with van der Waals surface area (Å²) in [7, 11) is 0. The van der Waals surface area contributed by atoms with Gasteiger partial charge >= 0.3 is 5.97 Å². The predicted molar refractivity (Wildman–Crippen MR) is 101 cm³/mol. The third kappa shape index (κ3) is 7.00. The number of rotatable bonds is 8. The Bertz CT molecular complexity index is 840. The molecule has 0 unspecified atom stereocenters. The molecule has 2 aromatic carbocycles. The molecule has 8 heteroatoms. The van der Waals surface area contributed by atoms with Gasteiger partial charge < -0.3 is 10.1 Å². The Balaban J connectivity index is 1.67. The van der Waals surface area contributed by atoms with Gasteiger partial charge in [0.05, 0.1) is 10.0 Å². The zero-order chi connectivity index (χ0) is 19.8. The molecule has 0 fully saturated rings. The lowest BCUT2D eigenvalue weighted by molar-refractivity contribution is -0.142. The maximum atomic E-state index is 12.8. The monoisotopic (exact) mass is 411 g/mol. The molecule has 1 N–H and O–H groups in total. The number of ether oxygens (including phenoxy) is 1. The van der Waals surface area contributed by atoms with Crippen molar-refractivity contribution in [1.82, 2.24) is 0 Å². The Morgan fingerprint density at radius 2 is 1.67 bits per heavy atom. The van der Waals surface area contributed by atoms with Gasteiger partial charge in [-0.05, 0) is 48.9 Å². The molecule has 0 spiro atoms. The minimum absolute atomic E-state index is 0.00844. The van der Waals surface area contributed by atoms with Gasteiger partial charge in [0.1, 0.15) is 5.82 Å². The van der Waals surface area contributed by atoms with Gasteiger partial charge in [0, 0.05) is 24.1 Å². The van der Waals surface area contributed by atoms with Crippen LogP contribution < -0.4 is 5.32 Å². The first-order valence-corrected chi connectivity index (χ1v) is 8.80. The molecule has 0 radical (unpaired) electrons. The van der Waals surface area contributed by atoms with E-state index in [1.165, 1.54) is 18.2 Å². The zero-order valence-electron chi connectivity index (χ0n) is 14.1. The summed E-state index contributed by atoms with van der Waals surface area (Å²) < 4.78 is 17.7. The number of hydrogen-bond donors (Lipinski definition) is 1. The van der Waals surface area contributed by atoms with E-state index < -0.39 is 24.2 Å². The Labute approximate surface area is 165 Å². The van der Waals surface area contributed by atoms with Crippen LogP contribution in [0.4, 0.5) is 10.1 Å². The van der Waals surface area contributed by atoms with Crippen LogP contribution in [0.2, 0.25) is 10.0 Å². The van der Waals surface area contributed by atoms with Gasteiger partial charge in [-0.25, -0.2) is 4.39 Å². The lowest BCUT2D eigenvalue weighted by Crippen LogP contribution is -2.15. The Kier molecular flexibility index (Phi) is 7.76. The van der Waals surface area contributed by atoms with E-state index in [-0.39, 0.29) is 30.7 Å². The number of halogens is 3. The van der Waals surface area contributed by atoms with Crippen molar-refractivity contribution in [2.75, 3.05) is 11.9 Å². The van der Waals surface area contributed by atoms with Crippen LogP contribution in [0.15, 0.2) is 42.5 Å². The number of esters is 1. The lowest BCUT2D eigenvalue weighted by Gasteiger charge is -2.07. The molecule has 142 valence electrons. The molecular weight excluding hydrogens is 396 g/mol. The zero-order valence-corrected chi connectivity index (χ0v) is 15.6. The number of amides is 1. The number of hydrogen-bond acceptors (Lipinski definition) is 4. The summed E-state index contributed by atoms with van der Waals surface area (Å²) in [5.41, 5.74) is 0.757. The summed E-state index contributed by atoms with van der Waals surface area (Å²) in [5.74, 6) is -1.76. The van der Waals surface area contributed by atoms with Gasteiger partial charge in [-0.2, -0.15) is 0 Å². The van der Waals surface area contributed by atoms with E-state index >= 15 is 0 Å². The van der Waals surface area contributed by atoms with Crippen molar-refractivity contribution in [3.05, 3.63) is 63.9 Å². The van der Waals surface area contributed by atoms with Crippen molar-refractivity contribution in [2.45, 2.75) is 19.3 Å². The van der Waals surface area contributed by atoms with Crippen LogP contribution in [-0.2, 0) is 14.3 Å². The van der Waals surface area contributed by atoms with Crippen LogP contribution in [0, 0.1) is 5.82 Å². The average Bonchev–Trinajstić information content (AvgIpc) is 2.63. The van der Waals surface area contributed by atoms with Gasteiger partial charge in [0.2, 0.25) is 5.91 Å². The van der Waals surface area contributed by atoms with E-state index in [4.69, 9.17) is 27.9 Å².